The molecule has 1 aromatic heterocycles. The minimum Gasteiger partial charge on any atom is -0.400 e. The van der Waals surface area contributed by atoms with E-state index in [4.69, 9.17) is 9.84 Å². The molecule has 7 nitrogen and oxygen atoms in total. The molecule has 2 heterocycles. The zero-order valence-electron chi connectivity index (χ0n) is 19.8. The summed E-state index contributed by atoms with van der Waals surface area (Å²) >= 11 is 0. The molecule has 1 aliphatic heterocycles. The Balaban J connectivity index is 0.000000400. The van der Waals surface area contributed by atoms with Crippen molar-refractivity contribution in [3.63, 3.8) is 0 Å². The van der Waals surface area contributed by atoms with Crippen molar-refractivity contribution in [3.8, 4) is 0 Å². The van der Waals surface area contributed by atoms with Crippen molar-refractivity contribution >= 4 is 11.9 Å². The quantitative estimate of drug-likeness (QED) is 0.650. The fraction of sp³-hybridized carbons (Fsp3) is 0.542. The number of aliphatic hydroxyl groups is 1. The largest absolute Gasteiger partial charge is 0.400 e. The topological polar surface area (TPSA) is 87.6 Å². The molecular weight excluding hydrogens is 392 g/mol. The highest BCUT2D eigenvalue weighted by molar-refractivity contribution is 5.78. The van der Waals surface area contributed by atoms with Gasteiger partial charge in [-0.2, -0.15) is 0 Å². The summed E-state index contributed by atoms with van der Waals surface area (Å²) in [5.74, 6) is 0.765. The number of anilines is 1. The number of methoxy groups -OCH3 is 1. The normalized spacial score (nSPS) is 13.3. The highest BCUT2D eigenvalue weighted by Crippen LogP contribution is 2.38. The fourth-order valence-corrected chi connectivity index (χ4v) is 3.35. The number of rotatable bonds is 7. The first kappa shape index (κ1) is 26.5. The lowest BCUT2D eigenvalue weighted by Crippen LogP contribution is -2.40. The molecule has 3 rings (SSSR count). The number of aromatic nitrogens is 2. The number of ether oxygens (including phenoxy) is 1. The second-order valence-electron chi connectivity index (χ2n) is 7.60. The highest BCUT2D eigenvalue weighted by Gasteiger charge is 2.41. The van der Waals surface area contributed by atoms with Crippen LogP contribution in [-0.2, 0) is 28.0 Å². The molecule has 31 heavy (non-hydrogen) atoms. The van der Waals surface area contributed by atoms with Crippen LogP contribution >= 0.6 is 0 Å². The van der Waals surface area contributed by atoms with Crippen LogP contribution in [0.2, 0.25) is 0 Å². The van der Waals surface area contributed by atoms with Gasteiger partial charge in [-0.1, -0.05) is 44.2 Å². The van der Waals surface area contributed by atoms with E-state index in [0.717, 1.165) is 31.2 Å². The number of hydrogen-bond donors (Lipinski definition) is 2. The van der Waals surface area contributed by atoms with E-state index < -0.39 is 0 Å². The van der Waals surface area contributed by atoms with E-state index in [0.29, 0.717) is 32.1 Å². The van der Waals surface area contributed by atoms with Crippen LogP contribution in [0.1, 0.15) is 57.4 Å². The molecule has 172 valence electrons. The summed E-state index contributed by atoms with van der Waals surface area (Å²) in [5, 5.41) is 10.1. The van der Waals surface area contributed by atoms with E-state index >= 15 is 0 Å². The van der Waals surface area contributed by atoms with Gasteiger partial charge in [-0.3, -0.25) is 4.79 Å². The Hall–Kier alpha value is -2.51. The van der Waals surface area contributed by atoms with E-state index in [1.807, 2.05) is 37.9 Å². The van der Waals surface area contributed by atoms with E-state index in [2.05, 4.69) is 46.5 Å². The first-order chi connectivity index (χ1) is 14.9. The van der Waals surface area contributed by atoms with Gasteiger partial charge in [0.1, 0.15) is 0 Å². The number of nitrogens with zero attached hydrogens (tertiary/aromatic N) is 3. The average molecular weight is 431 g/mol. The van der Waals surface area contributed by atoms with Gasteiger partial charge in [-0.15, -0.1) is 0 Å². The first-order valence-electron chi connectivity index (χ1n) is 10.8. The Morgan fingerprint density at radius 3 is 2.45 bits per heavy atom. The van der Waals surface area contributed by atoms with Gasteiger partial charge in [0.2, 0.25) is 11.9 Å². The van der Waals surface area contributed by atoms with Crippen molar-refractivity contribution in [2.75, 3.05) is 32.7 Å². The molecule has 0 spiro atoms. The molecule has 0 bridgehead atoms. The van der Waals surface area contributed by atoms with Gasteiger partial charge in [0.05, 0.1) is 24.4 Å². The monoisotopic (exact) mass is 430 g/mol. The lowest BCUT2D eigenvalue weighted by molar-refractivity contribution is -0.136. The highest BCUT2D eigenvalue weighted by atomic mass is 16.5. The van der Waals surface area contributed by atoms with Crippen LogP contribution in [0, 0.1) is 0 Å². The van der Waals surface area contributed by atoms with Crippen LogP contribution in [-0.4, -0.2) is 53.3 Å². The van der Waals surface area contributed by atoms with Crippen LogP contribution in [0.5, 0.6) is 0 Å². The fourth-order valence-electron chi connectivity index (χ4n) is 3.35. The minimum absolute atomic E-state index is 0.175. The molecule has 0 fully saturated rings. The predicted octanol–water partition coefficient (Wildman–Crippen LogP) is 3.77. The summed E-state index contributed by atoms with van der Waals surface area (Å²) < 4.78 is 4.99. The van der Waals surface area contributed by atoms with Crippen molar-refractivity contribution in [2.45, 2.75) is 59.0 Å². The zero-order chi connectivity index (χ0) is 23.3. The number of benzene rings is 1. The van der Waals surface area contributed by atoms with Gasteiger partial charge < -0.3 is 20.1 Å². The SMILES string of the molecule is CCCC(=O)N1Cc2nc(NCCOC)ncc2C1(C)C.CCc1ccccc1.CO. The summed E-state index contributed by atoms with van der Waals surface area (Å²) in [6.45, 7) is 10.1. The van der Waals surface area contributed by atoms with Crippen molar-refractivity contribution in [1.82, 2.24) is 14.9 Å². The first-order valence-corrected chi connectivity index (χ1v) is 10.8. The van der Waals surface area contributed by atoms with E-state index in [1.165, 1.54) is 5.56 Å². The predicted molar refractivity (Wildman–Crippen MR) is 125 cm³/mol. The molecule has 0 aliphatic carbocycles. The molecule has 0 radical (unpaired) electrons. The standard InChI is InChI=1S/C15H24N4O2.C8H10.CH4O/c1-5-6-13(20)19-10-12-11(15(19,2)3)9-17-14(18-12)16-7-8-21-4;1-2-8-6-4-3-5-7-8;1-2/h9H,5-8,10H2,1-4H3,(H,16,17,18);3-7H,2H2,1H3;2H,1H3. The maximum atomic E-state index is 12.3. The number of hydrogen-bond acceptors (Lipinski definition) is 6. The smallest absolute Gasteiger partial charge is 0.223 e. The Labute approximate surface area is 186 Å². The molecular formula is C24H38N4O3. The van der Waals surface area contributed by atoms with Gasteiger partial charge in [0, 0.05) is 38.9 Å². The van der Waals surface area contributed by atoms with E-state index in [9.17, 15) is 4.79 Å². The van der Waals surface area contributed by atoms with E-state index in [-0.39, 0.29) is 11.4 Å². The van der Waals surface area contributed by atoms with Gasteiger partial charge in [-0.25, -0.2) is 9.97 Å². The van der Waals surface area contributed by atoms with Gasteiger partial charge in [0.15, 0.2) is 0 Å². The van der Waals surface area contributed by atoms with Crippen LogP contribution in [0.3, 0.4) is 0 Å². The second kappa shape index (κ2) is 13.7. The molecule has 0 unspecified atom stereocenters. The van der Waals surface area contributed by atoms with E-state index in [1.54, 1.807) is 7.11 Å². The Bertz CT molecular complexity index is 782. The number of nitrogens with one attached hydrogen (secondary N) is 1. The lowest BCUT2D eigenvalue weighted by atomic mass is 9.97. The number of aryl methyl sites for hydroxylation is 1. The third kappa shape index (κ3) is 7.60. The molecule has 2 aromatic rings. The Morgan fingerprint density at radius 1 is 1.23 bits per heavy atom. The second-order valence-corrected chi connectivity index (χ2v) is 7.60. The number of aliphatic hydroxyl groups excluding tert-OH is 1. The third-order valence-electron chi connectivity index (χ3n) is 5.11. The van der Waals surface area contributed by atoms with Gasteiger partial charge in [-0.05, 0) is 32.3 Å². The van der Waals surface area contributed by atoms with Crippen molar-refractivity contribution in [3.05, 3.63) is 53.3 Å². The summed E-state index contributed by atoms with van der Waals surface area (Å²) in [4.78, 5) is 23.1. The summed E-state index contributed by atoms with van der Waals surface area (Å²) in [6, 6.07) is 10.5. The number of fused-ring (bicyclic) bond motifs is 1. The molecule has 0 atom stereocenters. The molecule has 1 aliphatic rings. The number of amides is 1. The lowest BCUT2D eigenvalue weighted by Gasteiger charge is -2.32. The third-order valence-corrected chi connectivity index (χ3v) is 5.11. The van der Waals surface area contributed by atoms with Crippen molar-refractivity contribution in [2.24, 2.45) is 0 Å². The number of carbonyl (C=O) groups is 1. The Kier molecular flexibility index (Phi) is 11.7. The number of carbonyl (C=O) groups excluding carboxylic acids is 1. The van der Waals surface area contributed by atoms with Gasteiger partial charge >= 0.3 is 0 Å². The van der Waals surface area contributed by atoms with Crippen LogP contribution in [0.4, 0.5) is 5.95 Å². The maximum absolute atomic E-state index is 12.3. The summed E-state index contributed by atoms with van der Waals surface area (Å²) in [6.07, 6.45) is 4.40. The van der Waals surface area contributed by atoms with Crippen molar-refractivity contribution in [1.29, 1.82) is 0 Å². The van der Waals surface area contributed by atoms with Gasteiger partial charge in [0.25, 0.3) is 0 Å². The maximum Gasteiger partial charge on any atom is 0.223 e. The zero-order valence-corrected chi connectivity index (χ0v) is 19.8. The average Bonchev–Trinajstić information content (AvgIpc) is 3.06. The molecule has 1 amide bonds. The molecule has 0 saturated heterocycles. The van der Waals surface area contributed by atoms with Crippen LogP contribution in [0.25, 0.3) is 0 Å². The molecule has 7 heteroatoms. The molecule has 1 aromatic carbocycles. The summed E-state index contributed by atoms with van der Waals surface area (Å²) in [7, 11) is 2.66. The van der Waals surface area contributed by atoms with Crippen LogP contribution in [0.15, 0.2) is 36.5 Å². The van der Waals surface area contributed by atoms with Crippen LogP contribution < -0.4 is 5.32 Å². The Morgan fingerprint density at radius 2 is 1.90 bits per heavy atom. The minimum atomic E-state index is -0.341. The summed E-state index contributed by atoms with van der Waals surface area (Å²) in [5.41, 5.74) is 3.03. The molecule has 2 N–H and O–H groups in total. The molecule has 0 saturated carbocycles. The van der Waals surface area contributed by atoms with Crippen molar-refractivity contribution < 1.29 is 14.6 Å².